The van der Waals surface area contributed by atoms with Crippen molar-refractivity contribution < 1.29 is 0 Å². The van der Waals surface area contributed by atoms with E-state index in [-0.39, 0.29) is 0 Å². The first-order valence-corrected chi connectivity index (χ1v) is 9.42. The van der Waals surface area contributed by atoms with E-state index in [0.29, 0.717) is 6.04 Å². The van der Waals surface area contributed by atoms with Crippen molar-refractivity contribution in [2.75, 3.05) is 4.31 Å². The van der Waals surface area contributed by atoms with Gasteiger partial charge in [0.15, 0.2) is 0 Å². The minimum atomic E-state index is 0.360. The molecule has 0 aliphatic heterocycles. The van der Waals surface area contributed by atoms with Gasteiger partial charge in [-0.1, -0.05) is 43.5 Å². The van der Waals surface area contributed by atoms with Crippen molar-refractivity contribution in [2.24, 2.45) is 0 Å². The average Bonchev–Trinajstić information content (AvgIpc) is 2.87. The van der Waals surface area contributed by atoms with Crippen LogP contribution in [0.4, 0.5) is 5.82 Å². The summed E-state index contributed by atoms with van der Waals surface area (Å²) in [4.78, 5) is 9.13. The fraction of sp³-hybridized carbons (Fsp3) is 0.500. The zero-order valence-corrected chi connectivity index (χ0v) is 15.6. The van der Waals surface area contributed by atoms with Crippen molar-refractivity contribution in [2.45, 2.75) is 64.8 Å². The van der Waals surface area contributed by atoms with E-state index in [9.17, 15) is 0 Å². The van der Waals surface area contributed by atoms with Crippen LogP contribution in [0.25, 0.3) is 0 Å². The summed E-state index contributed by atoms with van der Waals surface area (Å²) >= 11 is 4.87. The first kappa shape index (κ1) is 17.3. The summed E-state index contributed by atoms with van der Waals surface area (Å²) in [6.07, 6.45) is 18.3. The molecule has 0 N–H and O–H groups in total. The molecule has 0 spiro atoms. The number of hydrogen-bond acceptors (Lipinski definition) is 4. The van der Waals surface area contributed by atoms with E-state index in [4.69, 9.17) is 12.8 Å². The Labute approximate surface area is 151 Å². The van der Waals surface area contributed by atoms with Crippen molar-refractivity contribution >= 4 is 18.6 Å². The molecule has 1 fully saturated rings. The molecular weight excluding hydrogens is 314 g/mol. The second kappa shape index (κ2) is 8.02. The van der Waals surface area contributed by atoms with Gasteiger partial charge in [0.05, 0.1) is 0 Å². The van der Waals surface area contributed by atoms with Gasteiger partial charge in [0.25, 0.3) is 0 Å². The Morgan fingerprint density at radius 1 is 1.08 bits per heavy atom. The molecule has 0 saturated heterocycles. The number of anilines is 1. The van der Waals surface area contributed by atoms with E-state index in [1.807, 2.05) is 0 Å². The predicted octanol–water partition coefficient (Wildman–Crippen LogP) is 5.01. The Morgan fingerprint density at radius 2 is 1.88 bits per heavy atom. The third kappa shape index (κ3) is 3.59. The molecule has 0 aromatic carbocycles. The second-order valence-corrected chi connectivity index (χ2v) is 7.05. The van der Waals surface area contributed by atoms with Crippen molar-refractivity contribution in [3.63, 3.8) is 0 Å². The lowest BCUT2D eigenvalue weighted by Gasteiger charge is -2.26. The predicted molar refractivity (Wildman–Crippen MR) is 104 cm³/mol. The maximum atomic E-state index is 4.87. The van der Waals surface area contributed by atoms with E-state index in [2.05, 4.69) is 52.4 Å². The van der Waals surface area contributed by atoms with Gasteiger partial charge >= 0.3 is 0 Å². The number of allylic oxidation sites excluding steroid dienone is 4. The number of hydrogen-bond donors (Lipinski definition) is 1. The normalized spacial score (nSPS) is 24.5. The van der Waals surface area contributed by atoms with Crippen LogP contribution in [0.1, 0.15) is 57.2 Å². The number of aryl methyl sites for hydroxylation is 1. The molecule has 1 aromatic rings. The highest BCUT2D eigenvalue weighted by Gasteiger charge is 2.30. The van der Waals surface area contributed by atoms with Crippen molar-refractivity contribution in [1.29, 1.82) is 0 Å². The molecule has 0 radical (unpaired) electrons. The van der Waals surface area contributed by atoms with Crippen LogP contribution in [0.3, 0.4) is 0 Å². The maximum absolute atomic E-state index is 4.87. The van der Waals surface area contributed by atoms with Crippen LogP contribution < -0.4 is 4.31 Å². The number of thiol groups is 1. The Hall–Kier alpha value is -1.55. The van der Waals surface area contributed by atoms with E-state index >= 15 is 0 Å². The lowest BCUT2D eigenvalue weighted by molar-refractivity contribution is 0.706. The summed E-state index contributed by atoms with van der Waals surface area (Å²) < 4.78 is 2.10. The first-order valence-electron chi connectivity index (χ1n) is 9.02. The smallest absolute Gasteiger partial charge is 0.145 e. The van der Waals surface area contributed by atoms with E-state index in [1.54, 1.807) is 6.33 Å². The zero-order chi connectivity index (χ0) is 16.9. The third-order valence-electron chi connectivity index (χ3n) is 5.08. The highest BCUT2D eigenvalue weighted by atomic mass is 32.1. The number of aromatic nitrogens is 2. The molecule has 0 amide bonds. The molecule has 0 bridgehead atoms. The molecule has 1 aromatic heterocycles. The molecular formula is C20H27N3S. The molecule has 1 atom stereocenters. The summed E-state index contributed by atoms with van der Waals surface area (Å²) in [5.41, 5.74) is 5.39. The fourth-order valence-electron chi connectivity index (χ4n) is 3.76. The second-order valence-electron chi connectivity index (χ2n) is 6.62. The first-order chi connectivity index (χ1) is 11.7. The van der Waals surface area contributed by atoms with Crippen LogP contribution in [0, 0.1) is 0 Å². The van der Waals surface area contributed by atoms with Crippen LogP contribution in [-0.2, 0) is 12.8 Å². The minimum absolute atomic E-state index is 0.360. The average molecular weight is 342 g/mol. The number of nitrogens with zero attached hydrogens (tertiary/aromatic N) is 3. The highest BCUT2D eigenvalue weighted by molar-refractivity contribution is 7.81. The van der Waals surface area contributed by atoms with Gasteiger partial charge < -0.3 is 0 Å². The van der Waals surface area contributed by atoms with Gasteiger partial charge in [0.2, 0.25) is 0 Å². The molecule has 24 heavy (non-hydrogen) atoms. The largest absolute Gasteiger partial charge is 0.299 e. The summed E-state index contributed by atoms with van der Waals surface area (Å²) in [5, 5.41) is 0. The van der Waals surface area contributed by atoms with Gasteiger partial charge in [0, 0.05) is 17.3 Å². The molecule has 3 nitrogen and oxygen atoms in total. The third-order valence-corrected chi connectivity index (χ3v) is 5.59. The molecule has 1 heterocycles. The van der Waals surface area contributed by atoms with Gasteiger partial charge in [-0.3, -0.25) is 4.31 Å². The van der Waals surface area contributed by atoms with Crippen molar-refractivity contribution in [1.82, 2.24) is 9.97 Å². The Bertz CT molecular complexity index is 675. The number of fused-ring (bicyclic) bond motifs is 1. The molecule has 3 rings (SSSR count). The Balaban J connectivity index is 1.86. The monoisotopic (exact) mass is 341 g/mol. The van der Waals surface area contributed by atoms with E-state index in [1.165, 1.54) is 41.7 Å². The maximum Gasteiger partial charge on any atom is 0.145 e. The van der Waals surface area contributed by atoms with Crippen LogP contribution in [-0.4, -0.2) is 16.0 Å². The lowest BCUT2D eigenvalue weighted by Crippen LogP contribution is -2.26. The standard InChI is InChI=1S/C20H27N3S/c1-3-5-9-16-13-17(12-15(16)4-2)23(24)20-18-10-7-6-8-11-19(18)21-14-22-20/h3-5,9,14,17,24H,6-8,10-13H2,1-2H3/b5-3-,15-4-,16-9-. The topological polar surface area (TPSA) is 29.0 Å². The summed E-state index contributed by atoms with van der Waals surface area (Å²) in [5.74, 6) is 1.03. The van der Waals surface area contributed by atoms with Crippen molar-refractivity contribution in [3.8, 4) is 0 Å². The van der Waals surface area contributed by atoms with Gasteiger partial charge in [-0.25, -0.2) is 9.97 Å². The summed E-state index contributed by atoms with van der Waals surface area (Å²) in [7, 11) is 0. The van der Waals surface area contributed by atoms with Gasteiger partial charge in [-0.2, -0.15) is 0 Å². The van der Waals surface area contributed by atoms with E-state index in [0.717, 1.165) is 31.5 Å². The molecule has 2 aliphatic carbocycles. The van der Waals surface area contributed by atoms with Crippen molar-refractivity contribution in [3.05, 3.63) is 53.0 Å². The molecule has 4 heteroatoms. The lowest BCUT2D eigenvalue weighted by atomic mass is 10.1. The van der Waals surface area contributed by atoms with Gasteiger partial charge in [0.1, 0.15) is 12.1 Å². The van der Waals surface area contributed by atoms with E-state index < -0.39 is 0 Å². The van der Waals surface area contributed by atoms with Gasteiger partial charge in [-0.05, 0) is 63.5 Å². The Morgan fingerprint density at radius 3 is 2.67 bits per heavy atom. The fourth-order valence-corrected chi connectivity index (χ4v) is 4.09. The molecule has 1 unspecified atom stereocenters. The summed E-state index contributed by atoms with van der Waals surface area (Å²) in [6, 6.07) is 0.360. The Kier molecular flexibility index (Phi) is 5.77. The van der Waals surface area contributed by atoms with Crippen LogP contribution in [0.15, 0.2) is 41.8 Å². The highest BCUT2D eigenvalue weighted by Crippen LogP contribution is 2.38. The number of rotatable bonds is 3. The van der Waals surface area contributed by atoms with Gasteiger partial charge in [-0.15, -0.1) is 0 Å². The van der Waals surface area contributed by atoms with Crippen LogP contribution in [0.5, 0.6) is 0 Å². The SMILES string of the molecule is C\C=C/C=C1/CC(N(S)c2ncnc3c2CCCCC3)C/C1=C/C. The zero-order valence-electron chi connectivity index (χ0n) is 14.7. The quantitative estimate of drug-likeness (QED) is 0.619. The molecule has 128 valence electrons. The minimum Gasteiger partial charge on any atom is -0.299 e. The van der Waals surface area contributed by atoms with Crippen LogP contribution >= 0.6 is 12.8 Å². The summed E-state index contributed by atoms with van der Waals surface area (Å²) in [6.45, 7) is 4.18. The van der Waals surface area contributed by atoms with Crippen LogP contribution in [0.2, 0.25) is 0 Å². The molecule has 1 saturated carbocycles. The molecule has 2 aliphatic rings.